The third kappa shape index (κ3) is 1.61. The highest BCUT2D eigenvalue weighted by Crippen LogP contribution is 2.35. The molecule has 14 heavy (non-hydrogen) atoms. The number of likely N-dealkylation sites (tertiary alicyclic amines) is 1. The second-order valence-corrected chi connectivity index (χ2v) is 4.29. The number of carbonyl (C=O) groups is 2. The SMILES string of the molecule is CCCN1C(=O)CC(C(=O)O)C1(C)C. The Hall–Kier alpha value is -1.06. The van der Waals surface area contributed by atoms with Crippen LogP contribution in [-0.2, 0) is 9.59 Å². The summed E-state index contributed by atoms with van der Waals surface area (Å²) in [4.78, 5) is 24.2. The van der Waals surface area contributed by atoms with E-state index in [1.807, 2.05) is 20.8 Å². The van der Waals surface area contributed by atoms with Gasteiger partial charge in [0, 0.05) is 13.0 Å². The maximum absolute atomic E-state index is 11.6. The number of carbonyl (C=O) groups excluding carboxylic acids is 1. The molecule has 1 saturated heterocycles. The zero-order valence-corrected chi connectivity index (χ0v) is 8.91. The van der Waals surface area contributed by atoms with E-state index in [0.29, 0.717) is 6.54 Å². The van der Waals surface area contributed by atoms with Crippen LogP contribution in [0.1, 0.15) is 33.6 Å². The van der Waals surface area contributed by atoms with Crippen molar-refractivity contribution in [1.29, 1.82) is 0 Å². The molecular weight excluding hydrogens is 182 g/mol. The molecule has 0 aromatic heterocycles. The van der Waals surface area contributed by atoms with Gasteiger partial charge in [0.1, 0.15) is 0 Å². The minimum atomic E-state index is -0.873. The van der Waals surface area contributed by atoms with Crippen molar-refractivity contribution < 1.29 is 14.7 Å². The number of carboxylic acids is 1. The third-order valence-corrected chi connectivity index (χ3v) is 2.97. The summed E-state index contributed by atoms with van der Waals surface area (Å²) in [6, 6.07) is 0. The summed E-state index contributed by atoms with van der Waals surface area (Å²) in [7, 11) is 0. The first-order valence-electron chi connectivity index (χ1n) is 4.94. The van der Waals surface area contributed by atoms with Gasteiger partial charge in [0.25, 0.3) is 0 Å². The number of hydrogen-bond acceptors (Lipinski definition) is 2. The molecule has 1 N–H and O–H groups in total. The molecule has 1 aliphatic rings. The van der Waals surface area contributed by atoms with Crippen molar-refractivity contribution in [3.63, 3.8) is 0 Å². The minimum Gasteiger partial charge on any atom is -0.481 e. The molecule has 4 heteroatoms. The lowest BCUT2D eigenvalue weighted by molar-refractivity contribution is -0.144. The van der Waals surface area contributed by atoms with Crippen LogP contribution in [0, 0.1) is 5.92 Å². The molecule has 1 heterocycles. The average Bonchev–Trinajstić information content (AvgIpc) is 2.28. The van der Waals surface area contributed by atoms with E-state index in [0.717, 1.165) is 6.42 Å². The van der Waals surface area contributed by atoms with Crippen molar-refractivity contribution in [3.8, 4) is 0 Å². The predicted octanol–water partition coefficient (Wildman–Crippen LogP) is 1.11. The number of amides is 1. The van der Waals surface area contributed by atoms with Gasteiger partial charge in [-0.15, -0.1) is 0 Å². The normalized spacial score (nSPS) is 25.5. The van der Waals surface area contributed by atoms with E-state index in [1.165, 1.54) is 0 Å². The van der Waals surface area contributed by atoms with Crippen molar-refractivity contribution in [1.82, 2.24) is 4.90 Å². The molecule has 0 aliphatic carbocycles. The number of hydrogen-bond donors (Lipinski definition) is 1. The van der Waals surface area contributed by atoms with Gasteiger partial charge in [-0.25, -0.2) is 0 Å². The lowest BCUT2D eigenvalue weighted by Gasteiger charge is -2.34. The molecule has 4 nitrogen and oxygen atoms in total. The summed E-state index contributed by atoms with van der Waals surface area (Å²) in [6.07, 6.45) is 1.00. The van der Waals surface area contributed by atoms with E-state index < -0.39 is 17.4 Å². The number of rotatable bonds is 3. The predicted molar refractivity (Wildman–Crippen MR) is 51.8 cm³/mol. The lowest BCUT2D eigenvalue weighted by atomic mass is 9.88. The average molecular weight is 199 g/mol. The molecule has 0 saturated carbocycles. The molecule has 1 unspecified atom stereocenters. The van der Waals surface area contributed by atoms with Crippen LogP contribution in [0.3, 0.4) is 0 Å². The van der Waals surface area contributed by atoms with Crippen LogP contribution < -0.4 is 0 Å². The topological polar surface area (TPSA) is 57.6 Å². The molecule has 0 bridgehead atoms. The highest BCUT2D eigenvalue weighted by Gasteiger charge is 2.49. The van der Waals surface area contributed by atoms with E-state index >= 15 is 0 Å². The van der Waals surface area contributed by atoms with Gasteiger partial charge >= 0.3 is 5.97 Å². The van der Waals surface area contributed by atoms with Crippen LogP contribution in [-0.4, -0.2) is 34.0 Å². The van der Waals surface area contributed by atoms with Crippen LogP contribution in [0.5, 0.6) is 0 Å². The highest BCUT2D eigenvalue weighted by molar-refractivity contribution is 5.88. The zero-order valence-electron chi connectivity index (χ0n) is 8.91. The highest BCUT2D eigenvalue weighted by atomic mass is 16.4. The van der Waals surface area contributed by atoms with E-state index in [9.17, 15) is 9.59 Å². The van der Waals surface area contributed by atoms with E-state index in [2.05, 4.69) is 0 Å². The monoisotopic (exact) mass is 199 g/mol. The quantitative estimate of drug-likeness (QED) is 0.740. The Balaban J connectivity index is 2.89. The van der Waals surface area contributed by atoms with Gasteiger partial charge in [-0.3, -0.25) is 9.59 Å². The molecule has 1 fully saturated rings. The van der Waals surface area contributed by atoms with E-state index in [1.54, 1.807) is 4.90 Å². The van der Waals surface area contributed by atoms with Gasteiger partial charge < -0.3 is 10.0 Å². The molecule has 1 atom stereocenters. The summed E-state index contributed by atoms with van der Waals surface area (Å²) in [5.74, 6) is -1.48. The molecule has 1 aliphatic heterocycles. The molecular formula is C10H17NO3. The maximum Gasteiger partial charge on any atom is 0.309 e. The number of carboxylic acid groups (broad SMARTS) is 1. The Morgan fingerprint density at radius 2 is 2.21 bits per heavy atom. The fourth-order valence-electron chi connectivity index (χ4n) is 2.07. The van der Waals surface area contributed by atoms with Gasteiger partial charge in [-0.2, -0.15) is 0 Å². The van der Waals surface area contributed by atoms with Crippen molar-refractivity contribution in [2.75, 3.05) is 6.54 Å². The lowest BCUT2D eigenvalue weighted by Crippen LogP contribution is -2.46. The fraction of sp³-hybridized carbons (Fsp3) is 0.800. The van der Waals surface area contributed by atoms with Crippen molar-refractivity contribution in [2.24, 2.45) is 5.92 Å². The molecule has 0 aromatic carbocycles. The molecule has 1 rings (SSSR count). The summed E-state index contributed by atoms with van der Waals surface area (Å²) < 4.78 is 0. The summed E-state index contributed by atoms with van der Waals surface area (Å²) >= 11 is 0. The van der Waals surface area contributed by atoms with E-state index in [-0.39, 0.29) is 12.3 Å². The first-order valence-corrected chi connectivity index (χ1v) is 4.94. The Kier molecular flexibility index (Phi) is 2.83. The molecule has 0 aromatic rings. The van der Waals surface area contributed by atoms with Crippen molar-refractivity contribution >= 4 is 11.9 Å². The second-order valence-electron chi connectivity index (χ2n) is 4.29. The van der Waals surface area contributed by atoms with Gasteiger partial charge in [0.05, 0.1) is 11.5 Å². The minimum absolute atomic E-state index is 0.0377. The molecule has 0 spiro atoms. The Morgan fingerprint density at radius 3 is 2.57 bits per heavy atom. The Bertz CT molecular complexity index is 260. The summed E-state index contributed by atoms with van der Waals surface area (Å²) in [5, 5.41) is 8.97. The van der Waals surface area contributed by atoms with Gasteiger partial charge in [0.2, 0.25) is 5.91 Å². The first-order chi connectivity index (χ1) is 6.41. The van der Waals surface area contributed by atoms with Gasteiger partial charge in [0.15, 0.2) is 0 Å². The standard InChI is InChI=1S/C10H17NO3/c1-4-5-11-8(12)6-7(9(13)14)10(11,2)3/h7H,4-6H2,1-3H3,(H,13,14). The summed E-state index contributed by atoms with van der Waals surface area (Å²) in [6.45, 7) is 6.28. The van der Waals surface area contributed by atoms with Crippen LogP contribution >= 0.6 is 0 Å². The smallest absolute Gasteiger partial charge is 0.309 e. The number of nitrogens with zero attached hydrogens (tertiary/aromatic N) is 1. The zero-order chi connectivity index (χ0) is 10.9. The Morgan fingerprint density at radius 1 is 1.64 bits per heavy atom. The summed E-state index contributed by atoms with van der Waals surface area (Å²) in [5.41, 5.74) is -0.543. The van der Waals surface area contributed by atoms with Crippen molar-refractivity contribution in [2.45, 2.75) is 39.2 Å². The van der Waals surface area contributed by atoms with Gasteiger partial charge in [-0.05, 0) is 20.3 Å². The fourth-order valence-corrected chi connectivity index (χ4v) is 2.07. The molecule has 1 amide bonds. The van der Waals surface area contributed by atoms with Crippen LogP contribution in [0.25, 0.3) is 0 Å². The van der Waals surface area contributed by atoms with Crippen molar-refractivity contribution in [3.05, 3.63) is 0 Å². The molecule has 80 valence electrons. The van der Waals surface area contributed by atoms with Gasteiger partial charge in [-0.1, -0.05) is 6.92 Å². The third-order valence-electron chi connectivity index (χ3n) is 2.97. The maximum atomic E-state index is 11.6. The van der Waals surface area contributed by atoms with E-state index in [4.69, 9.17) is 5.11 Å². The second kappa shape index (κ2) is 3.59. The Labute approximate surface area is 83.9 Å². The largest absolute Gasteiger partial charge is 0.481 e. The first kappa shape index (κ1) is 11.0. The number of aliphatic carboxylic acids is 1. The van der Waals surface area contributed by atoms with Crippen LogP contribution in [0.15, 0.2) is 0 Å². The van der Waals surface area contributed by atoms with Crippen LogP contribution in [0.4, 0.5) is 0 Å². The van der Waals surface area contributed by atoms with Crippen LogP contribution in [0.2, 0.25) is 0 Å². The molecule has 0 radical (unpaired) electrons.